The van der Waals surface area contributed by atoms with E-state index in [0.717, 1.165) is 31.2 Å². The van der Waals surface area contributed by atoms with Crippen LogP contribution in [-0.2, 0) is 14.3 Å². The molecule has 3 amide bonds. The molecule has 35 heavy (non-hydrogen) atoms. The first-order valence-electron chi connectivity index (χ1n) is 12.6. The molecule has 3 aliphatic rings. The number of hydrogen-bond acceptors (Lipinski definition) is 6. The fourth-order valence-corrected chi connectivity index (χ4v) is 5.20. The largest absolute Gasteiger partial charge is 0.497 e. The van der Waals surface area contributed by atoms with Crippen molar-refractivity contribution in [2.75, 3.05) is 46.4 Å². The maximum absolute atomic E-state index is 13.0. The number of rotatable bonds is 7. The molecule has 1 saturated carbocycles. The third-order valence-electron chi connectivity index (χ3n) is 7.12. The molecule has 0 aromatic heterocycles. The number of ether oxygens (including phenoxy) is 2. The summed E-state index contributed by atoms with van der Waals surface area (Å²) in [6.45, 7) is 5.10. The average molecular weight is 485 g/mol. The van der Waals surface area contributed by atoms with Gasteiger partial charge in [0.15, 0.2) is 0 Å². The number of benzene rings is 1. The second-order valence-corrected chi connectivity index (χ2v) is 9.35. The summed E-state index contributed by atoms with van der Waals surface area (Å²) in [6, 6.07) is 6.28. The average Bonchev–Trinajstić information content (AvgIpc) is 2.89. The predicted octanol–water partition coefficient (Wildman–Crippen LogP) is 2.59. The molecular formula is C26H36N4O5. The third-order valence-corrected chi connectivity index (χ3v) is 7.12. The lowest BCUT2D eigenvalue weighted by molar-refractivity contribution is -0.139. The molecule has 0 bridgehead atoms. The van der Waals surface area contributed by atoms with Crippen LogP contribution >= 0.6 is 0 Å². The van der Waals surface area contributed by atoms with E-state index in [1.165, 1.54) is 6.42 Å². The van der Waals surface area contributed by atoms with Gasteiger partial charge in [-0.25, -0.2) is 9.59 Å². The quantitative estimate of drug-likeness (QED) is 0.577. The second kappa shape index (κ2) is 11.6. The molecule has 1 aromatic rings. The standard InChI is InChI=1S/C26H36N4O5/c1-3-35-25(32)22-21(27-26(33)28-23(22)18-9-11-20(34-2)12-10-18)17-29-13-15-30(16-14-29)24(31)19-7-5-4-6-8-19/h9-12,19,23H,3-8,13-17H2,1-2H3,(H2,27,28,33). The SMILES string of the molecule is CCOC(=O)C1=C(CN2CCN(C(=O)C3CCCCC3)CC2)NC(=O)NC1c1ccc(OC)cc1. The van der Waals surface area contributed by atoms with Gasteiger partial charge in [-0.05, 0) is 37.5 Å². The van der Waals surface area contributed by atoms with E-state index in [4.69, 9.17) is 9.47 Å². The van der Waals surface area contributed by atoms with Crippen molar-refractivity contribution in [3.05, 3.63) is 41.1 Å². The lowest BCUT2D eigenvalue weighted by Crippen LogP contribution is -2.53. The van der Waals surface area contributed by atoms with Crippen molar-refractivity contribution in [1.29, 1.82) is 0 Å². The fourth-order valence-electron chi connectivity index (χ4n) is 5.20. The topological polar surface area (TPSA) is 100 Å². The molecule has 9 heteroatoms. The molecule has 2 fully saturated rings. The minimum absolute atomic E-state index is 0.169. The highest BCUT2D eigenvalue weighted by atomic mass is 16.5. The Hall–Kier alpha value is -3.07. The van der Waals surface area contributed by atoms with Crippen LogP contribution in [-0.4, -0.2) is 74.1 Å². The van der Waals surface area contributed by atoms with E-state index < -0.39 is 12.0 Å². The molecule has 190 valence electrons. The number of amides is 3. The molecule has 2 heterocycles. The van der Waals surface area contributed by atoms with Crippen LogP contribution in [0.5, 0.6) is 5.75 Å². The number of carbonyl (C=O) groups is 3. The maximum atomic E-state index is 13.0. The molecule has 4 rings (SSSR count). The van der Waals surface area contributed by atoms with Gasteiger partial charge in [0, 0.05) is 44.3 Å². The molecule has 1 aliphatic carbocycles. The van der Waals surface area contributed by atoms with E-state index in [1.807, 2.05) is 17.0 Å². The van der Waals surface area contributed by atoms with Crippen LogP contribution in [0.3, 0.4) is 0 Å². The van der Waals surface area contributed by atoms with Crippen molar-refractivity contribution in [3.8, 4) is 5.75 Å². The summed E-state index contributed by atoms with van der Waals surface area (Å²) in [7, 11) is 1.59. The Morgan fingerprint density at radius 1 is 1.03 bits per heavy atom. The molecule has 1 unspecified atom stereocenters. The summed E-state index contributed by atoms with van der Waals surface area (Å²) in [4.78, 5) is 42.6. The van der Waals surface area contributed by atoms with Gasteiger partial charge in [-0.15, -0.1) is 0 Å². The van der Waals surface area contributed by atoms with Crippen LogP contribution in [0.25, 0.3) is 0 Å². The molecule has 1 atom stereocenters. The first kappa shape index (κ1) is 25.0. The minimum atomic E-state index is -0.627. The highest BCUT2D eigenvalue weighted by Crippen LogP contribution is 2.30. The van der Waals surface area contributed by atoms with Gasteiger partial charge in [0.1, 0.15) is 5.75 Å². The van der Waals surface area contributed by atoms with E-state index in [1.54, 1.807) is 26.2 Å². The normalized spacial score (nSPS) is 21.8. The highest BCUT2D eigenvalue weighted by molar-refractivity contribution is 5.95. The number of hydrogen-bond donors (Lipinski definition) is 2. The van der Waals surface area contributed by atoms with Gasteiger partial charge in [0.2, 0.25) is 5.91 Å². The lowest BCUT2D eigenvalue weighted by Gasteiger charge is -2.38. The molecule has 2 N–H and O–H groups in total. The van der Waals surface area contributed by atoms with E-state index in [0.29, 0.717) is 49.7 Å². The van der Waals surface area contributed by atoms with Crippen LogP contribution in [0.2, 0.25) is 0 Å². The van der Waals surface area contributed by atoms with Gasteiger partial charge in [-0.2, -0.15) is 0 Å². The summed E-state index contributed by atoms with van der Waals surface area (Å²) in [5, 5.41) is 5.71. The Morgan fingerprint density at radius 2 is 1.71 bits per heavy atom. The Bertz CT molecular complexity index is 947. The van der Waals surface area contributed by atoms with Crippen molar-refractivity contribution in [1.82, 2.24) is 20.4 Å². The van der Waals surface area contributed by atoms with Gasteiger partial charge in [0.25, 0.3) is 0 Å². The molecule has 1 saturated heterocycles. The summed E-state index contributed by atoms with van der Waals surface area (Å²) in [5.74, 6) is 0.686. The first-order valence-corrected chi connectivity index (χ1v) is 12.6. The van der Waals surface area contributed by atoms with Gasteiger partial charge >= 0.3 is 12.0 Å². The number of methoxy groups -OCH3 is 1. The Balaban J connectivity index is 1.49. The van der Waals surface area contributed by atoms with E-state index >= 15 is 0 Å². The van der Waals surface area contributed by atoms with Crippen molar-refractivity contribution < 1.29 is 23.9 Å². The van der Waals surface area contributed by atoms with Gasteiger partial charge < -0.3 is 25.0 Å². The number of piperazine rings is 1. The van der Waals surface area contributed by atoms with Gasteiger partial charge in [-0.1, -0.05) is 31.4 Å². The third kappa shape index (κ3) is 5.96. The Labute approximate surface area is 206 Å². The summed E-state index contributed by atoms with van der Waals surface area (Å²) >= 11 is 0. The second-order valence-electron chi connectivity index (χ2n) is 9.35. The van der Waals surface area contributed by atoms with Crippen LogP contribution in [0, 0.1) is 5.92 Å². The number of carbonyl (C=O) groups excluding carboxylic acids is 3. The lowest BCUT2D eigenvalue weighted by atomic mass is 9.88. The molecule has 9 nitrogen and oxygen atoms in total. The van der Waals surface area contributed by atoms with Crippen molar-refractivity contribution in [2.24, 2.45) is 5.92 Å². The van der Waals surface area contributed by atoms with E-state index in [2.05, 4.69) is 15.5 Å². The summed E-state index contributed by atoms with van der Waals surface area (Å²) in [6.07, 6.45) is 5.52. The highest BCUT2D eigenvalue weighted by Gasteiger charge is 2.35. The number of nitrogens with one attached hydrogen (secondary N) is 2. The van der Waals surface area contributed by atoms with E-state index in [-0.39, 0.29) is 24.5 Å². The van der Waals surface area contributed by atoms with Crippen LogP contribution in [0.4, 0.5) is 4.79 Å². The molecule has 2 aliphatic heterocycles. The van der Waals surface area contributed by atoms with Crippen molar-refractivity contribution in [3.63, 3.8) is 0 Å². The number of esters is 1. The number of urea groups is 1. The van der Waals surface area contributed by atoms with Crippen LogP contribution in [0.15, 0.2) is 35.5 Å². The molecule has 0 radical (unpaired) electrons. The van der Waals surface area contributed by atoms with Crippen LogP contribution < -0.4 is 15.4 Å². The molecule has 1 aromatic carbocycles. The smallest absolute Gasteiger partial charge is 0.338 e. The fraction of sp³-hybridized carbons (Fsp3) is 0.577. The summed E-state index contributed by atoms with van der Waals surface area (Å²) in [5.41, 5.74) is 1.71. The van der Waals surface area contributed by atoms with Crippen molar-refractivity contribution in [2.45, 2.75) is 45.1 Å². The molecular weight excluding hydrogens is 448 g/mol. The predicted molar refractivity (Wildman–Crippen MR) is 131 cm³/mol. The van der Waals surface area contributed by atoms with Gasteiger partial charge in [0.05, 0.1) is 25.3 Å². The minimum Gasteiger partial charge on any atom is -0.497 e. The maximum Gasteiger partial charge on any atom is 0.338 e. The zero-order chi connectivity index (χ0) is 24.8. The first-order chi connectivity index (χ1) is 17.0. The number of nitrogens with zero attached hydrogens (tertiary/aromatic N) is 2. The van der Waals surface area contributed by atoms with Crippen molar-refractivity contribution >= 4 is 17.9 Å². The zero-order valence-electron chi connectivity index (χ0n) is 20.7. The zero-order valence-corrected chi connectivity index (χ0v) is 20.7. The Kier molecular flexibility index (Phi) is 8.28. The molecule has 0 spiro atoms. The van der Waals surface area contributed by atoms with E-state index in [9.17, 15) is 14.4 Å². The summed E-state index contributed by atoms with van der Waals surface area (Å²) < 4.78 is 10.6. The monoisotopic (exact) mass is 484 g/mol. The van der Waals surface area contributed by atoms with Crippen LogP contribution in [0.1, 0.15) is 50.6 Å². The Morgan fingerprint density at radius 3 is 2.34 bits per heavy atom. The van der Waals surface area contributed by atoms with Gasteiger partial charge in [-0.3, -0.25) is 9.69 Å².